The van der Waals surface area contributed by atoms with Gasteiger partial charge in [-0.05, 0) is 109 Å². The molecule has 5 aromatic carbocycles. The average molecular weight is 820 g/mol. The zero-order valence-electron chi connectivity index (χ0n) is 31.8. The minimum atomic E-state index is -1.58. The fraction of sp³-hybridized carbons (Fsp3) is 0.188. The van der Waals surface area contributed by atoms with Gasteiger partial charge in [0.15, 0.2) is 5.78 Å². The lowest BCUT2D eigenvalue weighted by molar-refractivity contribution is -0.139. The highest BCUT2D eigenvalue weighted by atomic mass is 35.5. The van der Waals surface area contributed by atoms with Crippen molar-refractivity contribution < 1.29 is 38.2 Å². The number of phenols is 1. The smallest absolute Gasteiger partial charge is 0.260 e. The van der Waals surface area contributed by atoms with Crippen molar-refractivity contribution in [2.45, 2.75) is 24.7 Å². The van der Waals surface area contributed by atoms with E-state index in [2.05, 4.69) is 5.43 Å². The third-order valence-electron chi connectivity index (χ3n) is 12.8. The summed E-state index contributed by atoms with van der Waals surface area (Å²) in [5.41, 5.74) is 5.48. The van der Waals surface area contributed by atoms with Gasteiger partial charge in [0.25, 0.3) is 11.8 Å². The monoisotopic (exact) mass is 819 g/mol. The number of ether oxygens (including phenoxy) is 1. The molecule has 10 nitrogen and oxygen atoms in total. The molecule has 2 saturated heterocycles. The Morgan fingerprint density at radius 1 is 0.817 bits per heavy atom. The van der Waals surface area contributed by atoms with E-state index >= 15 is 4.79 Å². The number of phenolic OH excluding ortho intramolecular Hbond substituents is 1. The molecule has 5 aliphatic rings. The van der Waals surface area contributed by atoms with E-state index < -0.39 is 58.5 Å². The first-order chi connectivity index (χ1) is 29.0. The van der Waals surface area contributed by atoms with E-state index in [4.69, 9.17) is 16.3 Å². The highest BCUT2D eigenvalue weighted by Crippen LogP contribution is 2.63. The lowest BCUT2D eigenvalue weighted by Crippen LogP contribution is -2.55. The summed E-state index contributed by atoms with van der Waals surface area (Å²) >= 11 is 6.42. The molecule has 60 heavy (non-hydrogen) atoms. The Labute approximate surface area is 348 Å². The van der Waals surface area contributed by atoms with E-state index in [0.717, 1.165) is 10.6 Å². The predicted octanol–water partition coefficient (Wildman–Crippen LogP) is 7.96. The molecule has 12 heteroatoms. The standard InChI is InChI=1S/C48H35ClFN3O7/c49-31-10-8-30(9-11-31)48-39(45(57)53(47(48)59)51-33-14-12-32(50)13-15-33)24-38-36(42(48)29-22-28-23-35(54)18-21-40(28)60-25-29)19-20-37-41(38)46(58)52(44(37)56)34-16-6-27(7-17-34)43(55)26-4-2-1-3-5-26/h1-19,21,23,25,37-39,41-42,51,54H,20,22,24H2/t37-,38+,39-,41-,42-,48+/m0/s1. The summed E-state index contributed by atoms with van der Waals surface area (Å²) < 4.78 is 20.2. The van der Waals surface area contributed by atoms with Crippen molar-refractivity contribution in [3.63, 3.8) is 0 Å². The van der Waals surface area contributed by atoms with E-state index in [1.54, 1.807) is 91.2 Å². The van der Waals surface area contributed by atoms with Gasteiger partial charge in [-0.2, -0.15) is 5.01 Å². The number of aromatic hydroxyl groups is 1. The van der Waals surface area contributed by atoms with Gasteiger partial charge in [-0.15, -0.1) is 0 Å². The number of nitrogens with zero attached hydrogens (tertiary/aromatic N) is 2. The molecule has 3 aliphatic heterocycles. The number of carbonyl (C=O) groups is 5. The maximum Gasteiger partial charge on any atom is 0.260 e. The minimum absolute atomic E-state index is 0.0274. The normalized spacial score (nSPS) is 25.4. The van der Waals surface area contributed by atoms with Crippen molar-refractivity contribution in [3.8, 4) is 11.5 Å². The third-order valence-corrected chi connectivity index (χ3v) is 13.1. The second kappa shape index (κ2) is 14.2. The summed E-state index contributed by atoms with van der Waals surface area (Å²) in [6.45, 7) is 0. The minimum Gasteiger partial charge on any atom is -0.508 e. The van der Waals surface area contributed by atoms with Gasteiger partial charge in [-0.25, -0.2) is 4.39 Å². The molecule has 0 aromatic heterocycles. The van der Waals surface area contributed by atoms with Crippen molar-refractivity contribution in [2.24, 2.45) is 29.6 Å². The number of rotatable bonds is 7. The first-order valence-electron chi connectivity index (χ1n) is 19.7. The summed E-state index contributed by atoms with van der Waals surface area (Å²) in [6.07, 6.45) is 4.04. The number of hydrogen-bond donors (Lipinski definition) is 2. The Morgan fingerprint density at radius 2 is 1.53 bits per heavy atom. The predicted molar refractivity (Wildman–Crippen MR) is 219 cm³/mol. The number of halogens is 2. The van der Waals surface area contributed by atoms with Gasteiger partial charge in [0, 0.05) is 34.1 Å². The molecular formula is C48H35ClFN3O7. The van der Waals surface area contributed by atoms with Crippen LogP contribution in [0.25, 0.3) is 0 Å². The topological polar surface area (TPSA) is 133 Å². The van der Waals surface area contributed by atoms with Gasteiger partial charge in [-0.1, -0.05) is 65.7 Å². The molecule has 10 rings (SSSR count). The van der Waals surface area contributed by atoms with Gasteiger partial charge in [0.1, 0.15) is 17.3 Å². The zero-order valence-corrected chi connectivity index (χ0v) is 32.5. The highest BCUT2D eigenvalue weighted by Gasteiger charge is 2.70. The Hall–Kier alpha value is -6.85. The van der Waals surface area contributed by atoms with Gasteiger partial charge >= 0.3 is 0 Å². The molecular weight excluding hydrogens is 785 g/mol. The molecule has 6 atom stereocenters. The molecule has 5 aromatic rings. The van der Waals surface area contributed by atoms with E-state index in [0.29, 0.717) is 50.0 Å². The first kappa shape index (κ1) is 37.4. The molecule has 3 heterocycles. The van der Waals surface area contributed by atoms with E-state index in [1.165, 1.54) is 35.2 Å². The second-order valence-corrected chi connectivity index (χ2v) is 16.3. The molecule has 2 aliphatic carbocycles. The molecule has 298 valence electrons. The quantitative estimate of drug-likeness (QED) is 0.0961. The molecule has 1 saturated carbocycles. The van der Waals surface area contributed by atoms with Gasteiger partial charge < -0.3 is 9.84 Å². The number of hydrogen-bond acceptors (Lipinski definition) is 8. The lowest BCUT2D eigenvalue weighted by atomic mass is 9.48. The van der Waals surface area contributed by atoms with E-state index in [-0.39, 0.29) is 36.7 Å². The number of imide groups is 2. The molecule has 4 amide bonds. The maximum absolute atomic E-state index is 15.5. The van der Waals surface area contributed by atoms with Gasteiger partial charge in [-0.3, -0.25) is 34.3 Å². The maximum atomic E-state index is 15.5. The second-order valence-electron chi connectivity index (χ2n) is 15.9. The fourth-order valence-corrected chi connectivity index (χ4v) is 10.4. The van der Waals surface area contributed by atoms with Gasteiger partial charge in [0.05, 0.1) is 40.8 Å². The van der Waals surface area contributed by atoms with Crippen LogP contribution in [-0.2, 0) is 31.0 Å². The SMILES string of the molecule is O=C(c1ccccc1)c1ccc(N2C(=O)[C@H]3[C@H](CC=C4[C@H](C5=COc6ccc(O)cc6C5)[C@]5(c6ccc(Cl)cc6)C(=O)N(Nc6ccc(F)cc6)C(=O)[C@@H]5C[C@H]43)C2=O)cc1. The van der Waals surface area contributed by atoms with Crippen LogP contribution < -0.4 is 15.1 Å². The number of amides is 4. The fourth-order valence-electron chi connectivity index (χ4n) is 10.2. The number of nitrogens with one attached hydrogen (secondary N) is 1. The zero-order chi connectivity index (χ0) is 41.4. The van der Waals surface area contributed by atoms with Crippen LogP contribution in [0.5, 0.6) is 11.5 Å². The molecule has 3 fully saturated rings. The number of hydrazine groups is 1. The Kier molecular flexibility index (Phi) is 8.83. The largest absolute Gasteiger partial charge is 0.508 e. The number of benzene rings is 5. The van der Waals surface area contributed by atoms with Crippen LogP contribution in [-0.4, -0.2) is 39.5 Å². The van der Waals surface area contributed by atoms with Crippen LogP contribution in [0.1, 0.15) is 39.9 Å². The molecule has 0 unspecified atom stereocenters. The van der Waals surface area contributed by atoms with Crippen LogP contribution in [0, 0.1) is 35.4 Å². The van der Waals surface area contributed by atoms with Crippen molar-refractivity contribution in [1.82, 2.24) is 5.01 Å². The lowest BCUT2D eigenvalue weighted by Gasteiger charge is -2.51. The average Bonchev–Trinajstić information content (AvgIpc) is 3.64. The van der Waals surface area contributed by atoms with Crippen molar-refractivity contribution in [2.75, 3.05) is 10.3 Å². The summed E-state index contributed by atoms with van der Waals surface area (Å²) in [5.74, 6) is -6.20. The number of carbonyl (C=O) groups excluding carboxylic acids is 5. The van der Waals surface area contributed by atoms with Crippen molar-refractivity contribution in [1.29, 1.82) is 0 Å². The Bertz CT molecular complexity index is 2700. The Balaban J connectivity index is 1.08. The van der Waals surface area contributed by atoms with Crippen LogP contribution in [0.15, 0.2) is 145 Å². The first-order valence-corrected chi connectivity index (χ1v) is 20.0. The van der Waals surface area contributed by atoms with Crippen molar-refractivity contribution in [3.05, 3.63) is 178 Å². The van der Waals surface area contributed by atoms with E-state index in [1.807, 2.05) is 12.1 Å². The van der Waals surface area contributed by atoms with Crippen LogP contribution in [0.2, 0.25) is 5.02 Å². The third kappa shape index (κ3) is 5.71. The summed E-state index contributed by atoms with van der Waals surface area (Å²) in [4.78, 5) is 73.9. The van der Waals surface area contributed by atoms with Crippen molar-refractivity contribution >= 4 is 52.4 Å². The van der Waals surface area contributed by atoms with Crippen LogP contribution in [0.3, 0.4) is 0 Å². The summed E-state index contributed by atoms with van der Waals surface area (Å²) in [7, 11) is 0. The van der Waals surface area contributed by atoms with Crippen LogP contribution in [0.4, 0.5) is 15.8 Å². The molecule has 0 spiro atoms. The summed E-state index contributed by atoms with van der Waals surface area (Å²) in [6, 6.07) is 32.1. The number of anilines is 2. The van der Waals surface area contributed by atoms with Gasteiger partial charge in [0.2, 0.25) is 11.8 Å². The highest BCUT2D eigenvalue weighted by molar-refractivity contribution is 6.30. The number of allylic oxidation sites excluding steroid dienone is 3. The number of fused-ring (bicyclic) bond motifs is 5. The van der Waals surface area contributed by atoms with Crippen LogP contribution >= 0.6 is 11.6 Å². The van der Waals surface area contributed by atoms with E-state index in [9.17, 15) is 28.7 Å². The molecule has 2 N–H and O–H groups in total. The summed E-state index contributed by atoms with van der Waals surface area (Å²) in [5, 5.41) is 11.9. The molecule has 0 bridgehead atoms. The number of ketones is 1. The molecule has 0 radical (unpaired) electrons. The Morgan fingerprint density at radius 3 is 2.27 bits per heavy atom.